The molecule has 1 unspecified atom stereocenters. The van der Waals surface area contributed by atoms with Gasteiger partial charge in [0.1, 0.15) is 0 Å². The molecule has 3 aliphatic carbocycles. The van der Waals surface area contributed by atoms with Crippen molar-refractivity contribution in [3.8, 4) is 0 Å². The van der Waals surface area contributed by atoms with E-state index < -0.39 is 0 Å². The zero-order chi connectivity index (χ0) is 13.1. The van der Waals surface area contributed by atoms with Gasteiger partial charge in [0, 0.05) is 12.1 Å². The summed E-state index contributed by atoms with van der Waals surface area (Å²) in [5.41, 5.74) is 1.31. The number of hydrogen-bond donors (Lipinski definition) is 2. The second-order valence-electron chi connectivity index (χ2n) is 6.36. The van der Waals surface area contributed by atoms with Crippen LogP contribution in [-0.4, -0.2) is 23.8 Å². The SMILES string of the molecule is OC[C@H](Cc1ccccc1)NC1CC2CCC1CC2. The van der Waals surface area contributed by atoms with Crippen LogP contribution in [0, 0.1) is 11.8 Å². The molecule has 19 heavy (non-hydrogen) atoms. The van der Waals surface area contributed by atoms with Gasteiger partial charge >= 0.3 is 0 Å². The van der Waals surface area contributed by atoms with Crippen molar-refractivity contribution in [2.45, 2.75) is 50.6 Å². The van der Waals surface area contributed by atoms with Gasteiger partial charge in [-0.3, -0.25) is 0 Å². The van der Waals surface area contributed by atoms with E-state index in [1.165, 1.54) is 37.7 Å². The van der Waals surface area contributed by atoms with Gasteiger partial charge in [-0.15, -0.1) is 0 Å². The van der Waals surface area contributed by atoms with Crippen molar-refractivity contribution < 1.29 is 5.11 Å². The maximum Gasteiger partial charge on any atom is 0.0587 e. The van der Waals surface area contributed by atoms with E-state index in [0.29, 0.717) is 6.04 Å². The number of fused-ring (bicyclic) bond motifs is 3. The van der Waals surface area contributed by atoms with Gasteiger partial charge in [-0.2, -0.15) is 0 Å². The molecule has 0 aliphatic heterocycles. The first kappa shape index (κ1) is 13.1. The van der Waals surface area contributed by atoms with Gasteiger partial charge in [0.15, 0.2) is 0 Å². The Bertz CT molecular complexity index is 384. The van der Waals surface area contributed by atoms with Crippen LogP contribution in [-0.2, 0) is 6.42 Å². The fraction of sp³-hybridized carbons (Fsp3) is 0.647. The molecule has 2 heteroatoms. The van der Waals surface area contributed by atoms with E-state index in [1.54, 1.807) is 0 Å². The zero-order valence-electron chi connectivity index (χ0n) is 11.6. The topological polar surface area (TPSA) is 32.3 Å². The summed E-state index contributed by atoms with van der Waals surface area (Å²) in [6.45, 7) is 0.239. The van der Waals surface area contributed by atoms with E-state index in [4.69, 9.17) is 0 Å². The average Bonchev–Trinajstić information content (AvgIpc) is 2.49. The molecule has 0 amide bonds. The number of aliphatic hydroxyl groups is 1. The molecule has 0 heterocycles. The number of hydrogen-bond acceptors (Lipinski definition) is 2. The maximum atomic E-state index is 9.63. The molecule has 2 atom stereocenters. The molecule has 0 aromatic heterocycles. The van der Waals surface area contributed by atoms with Crippen LogP contribution in [0.2, 0.25) is 0 Å². The summed E-state index contributed by atoms with van der Waals surface area (Å²) in [5.74, 6) is 1.80. The highest BCUT2D eigenvalue weighted by molar-refractivity contribution is 5.16. The van der Waals surface area contributed by atoms with Crippen LogP contribution in [0.15, 0.2) is 30.3 Å². The third-order valence-electron chi connectivity index (χ3n) is 5.04. The van der Waals surface area contributed by atoms with Crippen LogP contribution < -0.4 is 5.32 Å². The highest BCUT2D eigenvalue weighted by Crippen LogP contribution is 2.41. The summed E-state index contributed by atoms with van der Waals surface area (Å²) in [6.07, 6.45) is 7.93. The van der Waals surface area contributed by atoms with E-state index in [-0.39, 0.29) is 12.6 Å². The molecule has 2 N–H and O–H groups in total. The fourth-order valence-electron chi connectivity index (χ4n) is 3.96. The van der Waals surface area contributed by atoms with Crippen molar-refractivity contribution in [1.29, 1.82) is 0 Å². The minimum Gasteiger partial charge on any atom is -0.395 e. The van der Waals surface area contributed by atoms with E-state index >= 15 is 0 Å². The third kappa shape index (κ3) is 3.18. The first-order chi connectivity index (χ1) is 9.35. The van der Waals surface area contributed by atoms with Gasteiger partial charge in [-0.25, -0.2) is 0 Å². The first-order valence-electron chi connectivity index (χ1n) is 7.76. The van der Waals surface area contributed by atoms with Crippen LogP contribution in [0.3, 0.4) is 0 Å². The Morgan fingerprint density at radius 3 is 2.42 bits per heavy atom. The molecule has 0 radical (unpaired) electrons. The molecule has 0 saturated heterocycles. The molecule has 3 aliphatic rings. The molecular formula is C17H25NO. The summed E-state index contributed by atoms with van der Waals surface area (Å²) in [5, 5.41) is 13.4. The standard InChI is InChI=1S/C17H25NO/c19-12-16(10-13-4-2-1-3-5-13)18-17-11-14-6-8-15(17)9-7-14/h1-5,14-19H,6-12H2/t14?,15?,16-,17?/m0/s1. The predicted molar refractivity (Wildman–Crippen MR) is 78.0 cm³/mol. The Hall–Kier alpha value is -0.860. The van der Waals surface area contributed by atoms with Crippen molar-refractivity contribution in [3.63, 3.8) is 0 Å². The van der Waals surface area contributed by atoms with Crippen LogP contribution in [0.5, 0.6) is 0 Å². The minimum absolute atomic E-state index is 0.215. The highest BCUT2D eigenvalue weighted by Gasteiger charge is 2.36. The molecule has 2 bridgehead atoms. The lowest BCUT2D eigenvalue weighted by Crippen LogP contribution is -2.50. The molecule has 1 aromatic rings. The van der Waals surface area contributed by atoms with Crippen molar-refractivity contribution >= 4 is 0 Å². The molecule has 104 valence electrons. The highest BCUT2D eigenvalue weighted by atomic mass is 16.3. The molecule has 2 nitrogen and oxygen atoms in total. The Labute approximate surface area is 116 Å². The lowest BCUT2D eigenvalue weighted by molar-refractivity contribution is 0.105. The number of nitrogens with one attached hydrogen (secondary N) is 1. The lowest BCUT2D eigenvalue weighted by Gasteiger charge is -2.44. The van der Waals surface area contributed by atoms with Gasteiger partial charge in [-0.05, 0) is 43.1 Å². The Morgan fingerprint density at radius 1 is 1.11 bits per heavy atom. The summed E-state index contributed by atoms with van der Waals surface area (Å²) < 4.78 is 0. The predicted octanol–water partition coefficient (Wildman–Crippen LogP) is 2.76. The molecular weight excluding hydrogens is 234 g/mol. The first-order valence-corrected chi connectivity index (χ1v) is 7.76. The number of rotatable bonds is 5. The van der Waals surface area contributed by atoms with E-state index in [9.17, 15) is 5.11 Å². The van der Waals surface area contributed by atoms with Crippen molar-refractivity contribution in [1.82, 2.24) is 5.32 Å². The van der Waals surface area contributed by atoms with E-state index in [1.807, 2.05) is 6.07 Å². The van der Waals surface area contributed by atoms with Crippen LogP contribution in [0.4, 0.5) is 0 Å². The second kappa shape index (κ2) is 6.06. The summed E-state index contributed by atoms with van der Waals surface area (Å²) in [6, 6.07) is 11.4. The maximum absolute atomic E-state index is 9.63. The average molecular weight is 259 g/mol. The Kier molecular flexibility index (Phi) is 4.19. The van der Waals surface area contributed by atoms with Crippen molar-refractivity contribution in [3.05, 3.63) is 35.9 Å². The van der Waals surface area contributed by atoms with Gasteiger partial charge in [0.25, 0.3) is 0 Å². The summed E-state index contributed by atoms with van der Waals surface area (Å²) in [4.78, 5) is 0. The molecule has 3 saturated carbocycles. The third-order valence-corrected chi connectivity index (χ3v) is 5.04. The summed E-state index contributed by atoms with van der Waals surface area (Å²) in [7, 11) is 0. The minimum atomic E-state index is 0.215. The largest absolute Gasteiger partial charge is 0.395 e. The van der Waals surface area contributed by atoms with E-state index in [0.717, 1.165) is 18.3 Å². The number of benzene rings is 1. The van der Waals surface area contributed by atoms with Crippen molar-refractivity contribution in [2.24, 2.45) is 11.8 Å². The summed E-state index contributed by atoms with van der Waals surface area (Å²) >= 11 is 0. The van der Waals surface area contributed by atoms with Crippen LogP contribution in [0.25, 0.3) is 0 Å². The van der Waals surface area contributed by atoms with Crippen LogP contribution >= 0.6 is 0 Å². The molecule has 1 aromatic carbocycles. The lowest BCUT2D eigenvalue weighted by atomic mass is 9.68. The second-order valence-corrected chi connectivity index (χ2v) is 6.36. The quantitative estimate of drug-likeness (QED) is 0.852. The van der Waals surface area contributed by atoms with Crippen molar-refractivity contribution in [2.75, 3.05) is 6.61 Å². The molecule has 0 spiro atoms. The van der Waals surface area contributed by atoms with Gasteiger partial charge < -0.3 is 10.4 Å². The number of aliphatic hydroxyl groups excluding tert-OH is 1. The van der Waals surface area contributed by atoms with E-state index in [2.05, 4.69) is 29.6 Å². The Balaban J connectivity index is 1.58. The smallest absolute Gasteiger partial charge is 0.0587 e. The Morgan fingerprint density at radius 2 is 1.84 bits per heavy atom. The van der Waals surface area contributed by atoms with Gasteiger partial charge in [0.05, 0.1) is 6.61 Å². The molecule has 3 fully saturated rings. The van der Waals surface area contributed by atoms with Gasteiger partial charge in [-0.1, -0.05) is 43.2 Å². The molecule has 4 rings (SSSR count). The van der Waals surface area contributed by atoms with Crippen LogP contribution in [0.1, 0.15) is 37.7 Å². The zero-order valence-corrected chi connectivity index (χ0v) is 11.6. The fourth-order valence-corrected chi connectivity index (χ4v) is 3.96. The van der Waals surface area contributed by atoms with Gasteiger partial charge in [0.2, 0.25) is 0 Å². The monoisotopic (exact) mass is 259 g/mol. The normalized spacial score (nSPS) is 31.3.